The Morgan fingerprint density at radius 1 is 0.673 bits per heavy atom. The van der Waals surface area contributed by atoms with Crippen molar-refractivity contribution in [3.8, 4) is 28.7 Å². The summed E-state index contributed by atoms with van der Waals surface area (Å²) in [6, 6.07) is 17.2. The Balaban J connectivity index is 1.22. The van der Waals surface area contributed by atoms with E-state index in [9.17, 15) is 19.2 Å². The summed E-state index contributed by atoms with van der Waals surface area (Å²) in [6.45, 7) is 11.3. The Bertz CT molecular complexity index is 1690. The fourth-order valence-corrected chi connectivity index (χ4v) is 5.23. The maximum Gasteiger partial charge on any atom is 0.343 e. The summed E-state index contributed by atoms with van der Waals surface area (Å²) >= 11 is 0. The Labute approximate surface area is 302 Å². The van der Waals surface area contributed by atoms with E-state index < -0.39 is 23.9 Å². The summed E-state index contributed by atoms with van der Waals surface area (Å²) in [5.74, 6) is -1.44. The zero-order valence-electron chi connectivity index (χ0n) is 29.5. The zero-order chi connectivity index (χ0) is 37.0. The Morgan fingerprint density at radius 3 is 1.67 bits per heavy atom. The molecule has 12 nitrogen and oxygen atoms in total. The quantitative estimate of drug-likeness (QED) is 0.0575. The van der Waals surface area contributed by atoms with Gasteiger partial charge in [-0.3, -0.25) is 4.79 Å². The Kier molecular flexibility index (Phi) is 13.0. The van der Waals surface area contributed by atoms with Gasteiger partial charge in [0.25, 0.3) is 0 Å². The molecule has 2 heterocycles. The van der Waals surface area contributed by atoms with Crippen molar-refractivity contribution in [2.24, 2.45) is 10.8 Å². The van der Waals surface area contributed by atoms with Crippen molar-refractivity contribution in [1.29, 1.82) is 0 Å². The maximum absolute atomic E-state index is 13.1. The lowest BCUT2D eigenvalue weighted by molar-refractivity contribution is -0.137. The molecule has 0 unspecified atom stereocenters. The second-order valence-electron chi connectivity index (χ2n) is 13.0. The molecule has 52 heavy (non-hydrogen) atoms. The van der Waals surface area contributed by atoms with Crippen molar-refractivity contribution in [3.05, 3.63) is 90.5 Å². The lowest BCUT2D eigenvalue weighted by Gasteiger charge is -2.40. The minimum atomic E-state index is -0.702. The molecule has 3 aromatic carbocycles. The summed E-state index contributed by atoms with van der Waals surface area (Å²) < 4.78 is 44.3. The molecule has 276 valence electrons. The second-order valence-corrected chi connectivity index (χ2v) is 13.0. The first kappa shape index (κ1) is 38.0. The van der Waals surface area contributed by atoms with Crippen LogP contribution in [-0.2, 0) is 23.8 Å². The molecule has 0 aliphatic carbocycles. The smallest absolute Gasteiger partial charge is 0.343 e. The third-order valence-corrected chi connectivity index (χ3v) is 9.14. The predicted octanol–water partition coefficient (Wildman–Crippen LogP) is 6.54. The van der Waals surface area contributed by atoms with Gasteiger partial charge in [0.2, 0.25) is 0 Å². The molecular weight excluding hydrogens is 672 g/mol. The first-order chi connectivity index (χ1) is 25.1. The number of carbonyl (C=O) groups is 4. The van der Waals surface area contributed by atoms with E-state index in [2.05, 4.69) is 20.4 Å². The minimum Gasteiger partial charge on any atom is -0.493 e. The number of carbonyl (C=O) groups excluding carboxylic acids is 4. The molecular formula is C40H44O12. The van der Waals surface area contributed by atoms with E-state index in [1.807, 2.05) is 0 Å². The lowest BCUT2D eigenvalue weighted by Crippen LogP contribution is -2.46. The molecule has 0 amide bonds. The van der Waals surface area contributed by atoms with Crippen molar-refractivity contribution in [2.75, 3.05) is 46.2 Å². The zero-order valence-corrected chi connectivity index (χ0v) is 29.5. The topological polar surface area (TPSA) is 142 Å². The summed E-state index contributed by atoms with van der Waals surface area (Å²) in [4.78, 5) is 50.2. The van der Waals surface area contributed by atoms with Crippen LogP contribution in [0.15, 0.2) is 79.4 Å². The monoisotopic (exact) mass is 716 g/mol. The van der Waals surface area contributed by atoms with E-state index in [0.717, 1.165) is 18.9 Å². The number of unbranched alkanes of at least 4 members (excludes halogenated alkanes) is 1. The molecule has 2 fully saturated rings. The number of rotatable bonds is 19. The SMILES string of the molecule is C=CC(=O)OCCCCC(=O)Oc1cc(OC(=O)c2ccc(OCC3(CC)COC3)cc2)ccc1OC(=O)c1ccc(OCC2(CC)COC2)cc1. The first-order valence-electron chi connectivity index (χ1n) is 17.3. The molecule has 0 saturated carbocycles. The maximum atomic E-state index is 13.1. The highest BCUT2D eigenvalue weighted by atomic mass is 16.6. The minimum absolute atomic E-state index is 0.00730. The van der Waals surface area contributed by atoms with Crippen molar-refractivity contribution in [2.45, 2.75) is 46.0 Å². The fourth-order valence-electron chi connectivity index (χ4n) is 5.23. The van der Waals surface area contributed by atoms with Crippen LogP contribution >= 0.6 is 0 Å². The normalized spacial score (nSPS) is 15.2. The molecule has 0 atom stereocenters. The summed E-state index contributed by atoms with van der Waals surface area (Å²) in [6.07, 6.45) is 3.70. The first-order valence-corrected chi connectivity index (χ1v) is 17.3. The van der Waals surface area contributed by atoms with Crippen LogP contribution in [0.2, 0.25) is 0 Å². The van der Waals surface area contributed by atoms with Crippen LogP contribution in [0, 0.1) is 10.8 Å². The van der Waals surface area contributed by atoms with Crippen LogP contribution < -0.4 is 23.7 Å². The molecule has 5 rings (SSSR count). The molecule has 0 bridgehead atoms. The van der Waals surface area contributed by atoms with Crippen molar-refractivity contribution < 1.29 is 57.1 Å². The van der Waals surface area contributed by atoms with E-state index in [4.69, 9.17) is 37.9 Å². The van der Waals surface area contributed by atoms with Crippen LogP contribution in [-0.4, -0.2) is 70.1 Å². The van der Waals surface area contributed by atoms with E-state index in [1.54, 1.807) is 48.5 Å². The van der Waals surface area contributed by atoms with Gasteiger partial charge in [0.05, 0.1) is 68.2 Å². The van der Waals surface area contributed by atoms with Gasteiger partial charge in [-0.25, -0.2) is 14.4 Å². The molecule has 12 heteroatoms. The van der Waals surface area contributed by atoms with Crippen LogP contribution in [0.4, 0.5) is 0 Å². The lowest BCUT2D eigenvalue weighted by atomic mass is 9.84. The van der Waals surface area contributed by atoms with Crippen LogP contribution in [0.5, 0.6) is 28.7 Å². The van der Waals surface area contributed by atoms with Gasteiger partial charge in [-0.1, -0.05) is 20.4 Å². The predicted molar refractivity (Wildman–Crippen MR) is 188 cm³/mol. The Morgan fingerprint density at radius 2 is 1.19 bits per heavy atom. The Hall–Kier alpha value is -5.20. The summed E-state index contributed by atoms with van der Waals surface area (Å²) in [5, 5.41) is 0. The fraction of sp³-hybridized carbons (Fsp3) is 0.400. The van der Waals surface area contributed by atoms with Crippen LogP contribution in [0.1, 0.15) is 66.7 Å². The standard InChI is InChI=1S/C40H44O12/c1-4-35(41)47-20-8-7-9-36(42)51-34-21-32(50-37(43)28-10-14-30(15-11-28)48-26-39(5-2)22-45-23-39)18-19-33(34)52-38(44)29-12-16-31(17-13-29)49-27-40(6-3)24-46-25-40/h4,10-19,21H,1,5-9,20,22-27H2,2-3H3. The van der Waals surface area contributed by atoms with Crippen molar-refractivity contribution in [1.82, 2.24) is 0 Å². The molecule has 0 aromatic heterocycles. The second kappa shape index (κ2) is 17.8. The third-order valence-electron chi connectivity index (χ3n) is 9.14. The van der Waals surface area contributed by atoms with Crippen LogP contribution in [0.25, 0.3) is 0 Å². The van der Waals surface area contributed by atoms with Gasteiger partial charge in [0.1, 0.15) is 17.2 Å². The highest BCUT2D eigenvalue weighted by Gasteiger charge is 2.38. The number of hydrogen-bond donors (Lipinski definition) is 0. The van der Waals surface area contributed by atoms with Crippen molar-refractivity contribution in [3.63, 3.8) is 0 Å². The molecule has 2 aliphatic heterocycles. The molecule has 0 spiro atoms. The van der Waals surface area contributed by atoms with Gasteiger partial charge in [0.15, 0.2) is 11.5 Å². The number of benzene rings is 3. The summed E-state index contributed by atoms with van der Waals surface area (Å²) in [5.41, 5.74) is 0.537. The average molecular weight is 717 g/mol. The number of ether oxygens (including phenoxy) is 8. The molecule has 2 saturated heterocycles. The molecule has 0 radical (unpaired) electrons. The largest absolute Gasteiger partial charge is 0.493 e. The third kappa shape index (κ3) is 10.2. The van der Waals surface area contributed by atoms with Crippen molar-refractivity contribution >= 4 is 23.9 Å². The average Bonchev–Trinajstić information content (AvgIpc) is 3.12. The summed E-state index contributed by atoms with van der Waals surface area (Å²) in [7, 11) is 0. The highest BCUT2D eigenvalue weighted by molar-refractivity contribution is 5.92. The number of esters is 4. The molecule has 0 N–H and O–H groups in total. The molecule has 2 aliphatic rings. The van der Waals surface area contributed by atoms with Gasteiger partial charge in [-0.2, -0.15) is 0 Å². The van der Waals surface area contributed by atoms with E-state index in [0.29, 0.717) is 64.0 Å². The van der Waals surface area contributed by atoms with Crippen LogP contribution in [0.3, 0.4) is 0 Å². The number of hydrogen-bond acceptors (Lipinski definition) is 12. The van der Waals surface area contributed by atoms with E-state index in [1.165, 1.54) is 18.2 Å². The van der Waals surface area contributed by atoms with Gasteiger partial charge in [0, 0.05) is 18.6 Å². The van der Waals surface area contributed by atoms with Gasteiger partial charge in [-0.15, -0.1) is 0 Å². The molecule has 3 aromatic rings. The van der Waals surface area contributed by atoms with Gasteiger partial charge < -0.3 is 37.9 Å². The van der Waals surface area contributed by atoms with Gasteiger partial charge in [-0.05, 0) is 86.3 Å². The van der Waals surface area contributed by atoms with E-state index >= 15 is 0 Å². The highest BCUT2D eigenvalue weighted by Crippen LogP contribution is 2.35. The van der Waals surface area contributed by atoms with Gasteiger partial charge >= 0.3 is 23.9 Å². The van der Waals surface area contributed by atoms with E-state index in [-0.39, 0.29) is 52.2 Å².